The fraction of sp³-hybridized carbons (Fsp3) is 0.0625. The van der Waals surface area contributed by atoms with E-state index in [1.807, 2.05) is 24.3 Å². The molecule has 1 N–H and O–H groups in total. The van der Waals surface area contributed by atoms with Crippen LogP contribution in [0.1, 0.15) is 0 Å². The van der Waals surface area contributed by atoms with Crippen molar-refractivity contribution in [2.45, 2.75) is 0 Å². The predicted octanol–water partition coefficient (Wildman–Crippen LogP) is 3.66. The van der Waals surface area contributed by atoms with Gasteiger partial charge in [0.2, 0.25) is 0 Å². The molecule has 1 aromatic heterocycles. The van der Waals surface area contributed by atoms with Gasteiger partial charge in [0, 0.05) is 23.3 Å². The van der Waals surface area contributed by atoms with Crippen LogP contribution in [0.5, 0.6) is 5.75 Å². The highest BCUT2D eigenvalue weighted by atomic mass is 16.6. The number of nitro groups is 1. The van der Waals surface area contributed by atoms with Crippen LogP contribution in [0.4, 0.5) is 5.69 Å². The largest absolute Gasteiger partial charge is 0.497 e. The lowest BCUT2D eigenvalue weighted by Crippen LogP contribution is -1.87. The van der Waals surface area contributed by atoms with E-state index >= 15 is 0 Å². The number of rotatable bonds is 4. The number of hydrogen-bond acceptors (Lipinski definition) is 4. The summed E-state index contributed by atoms with van der Waals surface area (Å²) in [5, 5.41) is 10.7. The van der Waals surface area contributed by atoms with Crippen molar-refractivity contribution in [3.05, 3.63) is 64.8 Å². The van der Waals surface area contributed by atoms with Crippen LogP contribution >= 0.6 is 0 Å². The molecule has 3 aromatic rings. The third-order valence-electron chi connectivity index (χ3n) is 3.33. The summed E-state index contributed by atoms with van der Waals surface area (Å²) in [6, 6.07) is 13.9. The molecule has 0 amide bonds. The number of nitro benzene ring substituents is 1. The van der Waals surface area contributed by atoms with Crippen molar-refractivity contribution in [1.29, 1.82) is 0 Å². The van der Waals surface area contributed by atoms with E-state index in [2.05, 4.69) is 9.97 Å². The smallest absolute Gasteiger partial charge is 0.269 e. The highest BCUT2D eigenvalue weighted by Gasteiger charge is 2.08. The summed E-state index contributed by atoms with van der Waals surface area (Å²) in [6.07, 6.45) is 1.71. The van der Waals surface area contributed by atoms with Gasteiger partial charge in [-0.1, -0.05) is 0 Å². The van der Waals surface area contributed by atoms with Crippen LogP contribution in [0.25, 0.3) is 22.6 Å². The lowest BCUT2D eigenvalue weighted by atomic mass is 10.1. The van der Waals surface area contributed by atoms with E-state index in [4.69, 9.17) is 4.74 Å². The minimum Gasteiger partial charge on any atom is -0.497 e. The summed E-state index contributed by atoms with van der Waals surface area (Å²) in [5.74, 6) is 1.52. The number of nitrogens with zero attached hydrogens (tertiary/aromatic N) is 2. The molecule has 0 saturated carbocycles. The number of non-ortho nitro benzene ring substituents is 1. The summed E-state index contributed by atoms with van der Waals surface area (Å²) < 4.78 is 5.12. The average molecular weight is 295 g/mol. The Morgan fingerprint density at radius 2 is 1.68 bits per heavy atom. The Hall–Kier alpha value is -3.15. The van der Waals surface area contributed by atoms with Crippen molar-refractivity contribution >= 4 is 5.69 Å². The lowest BCUT2D eigenvalue weighted by Gasteiger charge is -2.01. The molecule has 22 heavy (non-hydrogen) atoms. The fourth-order valence-electron chi connectivity index (χ4n) is 2.13. The van der Waals surface area contributed by atoms with Gasteiger partial charge in [-0.05, 0) is 36.4 Å². The summed E-state index contributed by atoms with van der Waals surface area (Å²) in [5.41, 5.74) is 2.66. The van der Waals surface area contributed by atoms with E-state index in [1.54, 1.807) is 25.4 Å². The van der Waals surface area contributed by atoms with E-state index in [-0.39, 0.29) is 5.69 Å². The molecule has 6 heteroatoms. The molecular weight excluding hydrogens is 282 g/mol. The van der Waals surface area contributed by atoms with Gasteiger partial charge in [-0.25, -0.2) is 4.98 Å². The molecule has 0 unspecified atom stereocenters. The van der Waals surface area contributed by atoms with Gasteiger partial charge in [-0.15, -0.1) is 0 Å². The first-order chi connectivity index (χ1) is 10.7. The normalized spacial score (nSPS) is 10.4. The Bertz CT molecular complexity index is 792. The highest BCUT2D eigenvalue weighted by Crippen LogP contribution is 2.25. The van der Waals surface area contributed by atoms with Crippen LogP contribution in [0, 0.1) is 10.1 Å². The van der Waals surface area contributed by atoms with E-state index < -0.39 is 4.92 Å². The fourth-order valence-corrected chi connectivity index (χ4v) is 2.13. The molecule has 0 aliphatic heterocycles. The van der Waals surface area contributed by atoms with Crippen molar-refractivity contribution in [3.63, 3.8) is 0 Å². The van der Waals surface area contributed by atoms with Gasteiger partial charge in [0.05, 0.1) is 23.9 Å². The molecule has 6 nitrogen and oxygen atoms in total. The third-order valence-corrected chi connectivity index (χ3v) is 3.33. The van der Waals surface area contributed by atoms with Crippen LogP contribution in [0.3, 0.4) is 0 Å². The second-order valence-corrected chi connectivity index (χ2v) is 4.68. The summed E-state index contributed by atoms with van der Waals surface area (Å²) in [4.78, 5) is 17.8. The molecule has 0 aliphatic carbocycles. The number of imidazole rings is 1. The maximum Gasteiger partial charge on any atom is 0.269 e. The van der Waals surface area contributed by atoms with E-state index in [9.17, 15) is 10.1 Å². The number of methoxy groups -OCH3 is 1. The van der Waals surface area contributed by atoms with Gasteiger partial charge in [0.15, 0.2) is 0 Å². The van der Waals surface area contributed by atoms with Crippen molar-refractivity contribution < 1.29 is 9.66 Å². The second-order valence-electron chi connectivity index (χ2n) is 4.68. The first kappa shape index (κ1) is 13.8. The number of benzene rings is 2. The summed E-state index contributed by atoms with van der Waals surface area (Å²) in [6.45, 7) is 0. The molecule has 3 rings (SSSR count). The summed E-state index contributed by atoms with van der Waals surface area (Å²) >= 11 is 0. The maximum absolute atomic E-state index is 10.7. The van der Waals surface area contributed by atoms with Gasteiger partial charge >= 0.3 is 0 Å². The molecular formula is C16H13N3O3. The van der Waals surface area contributed by atoms with Crippen molar-refractivity contribution in [2.24, 2.45) is 0 Å². The Balaban J connectivity index is 1.87. The molecule has 0 bridgehead atoms. The van der Waals surface area contributed by atoms with E-state index in [1.165, 1.54) is 12.1 Å². The second kappa shape index (κ2) is 5.69. The highest BCUT2D eigenvalue weighted by molar-refractivity contribution is 5.65. The Morgan fingerprint density at radius 3 is 2.27 bits per heavy atom. The van der Waals surface area contributed by atoms with Crippen LogP contribution in [-0.4, -0.2) is 22.0 Å². The zero-order valence-corrected chi connectivity index (χ0v) is 11.8. The van der Waals surface area contributed by atoms with Crippen molar-refractivity contribution in [3.8, 4) is 28.4 Å². The average Bonchev–Trinajstić information content (AvgIpc) is 3.05. The van der Waals surface area contributed by atoms with E-state index in [0.717, 1.165) is 28.4 Å². The first-order valence-electron chi connectivity index (χ1n) is 6.61. The number of aromatic amines is 1. The number of ether oxygens (including phenoxy) is 1. The standard InChI is InChI=1S/C16H13N3O3/c1-22-14-8-4-12(5-9-14)16-17-10-15(18-16)11-2-6-13(7-3-11)19(20)21/h2-10H,1H3,(H,17,18). The number of aromatic nitrogens is 2. The van der Waals surface area contributed by atoms with Gasteiger partial charge in [-0.2, -0.15) is 0 Å². The Labute approximate surface area is 126 Å². The van der Waals surface area contributed by atoms with Crippen molar-refractivity contribution in [1.82, 2.24) is 9.97 Å². The van der Waals surface area contributed by atoms with Gasteiger partial charge in [-0.3, -0.25) is 10.1 Å². The van der Waals surface area contributed by atoms with Gasteiger partial charge in [0.1, 0.15) is 11.6 Å². The quantitative estimate of drug-likeness (QED) is 0.588. The summed E-state index contributed by atoms with van der Waals surface area (Å²) in [7, 11) is 1.62. The zero-order valence-electron chi connectivity index (χ0n) is 11.8. The maximum atomic E-state index is 10.7. The molecule has 0 atom stereocenters. The monoisotopic (exact) mass is 295 g/mol. The molecule has 0 aliphatic rings. The van der Waals surface area contributed by atoms with Crippen LogP contribution in [0.2, 0.25) is 0 Å². The minimum atomic E-state index is -0.417. The molecule has 0 fully saturated rings. The van der Waals surface area contributed by atoms with Gasteiger partial charge < -0.3 is 9.72 Å². The number of nitrogens with one attached hydrogen (secondary N) is 1. The third kappa shape index (κ3) is 2.67. The Morgan fingerprint density at radius 1 is 1.05 bits per heavy atom. The lowest BCUT2D eigenvalue weighted by molar-refractivity contribution is -0.384. The molecule has 0 saturated heterocycles. The SMILES string of the molecule is COc1ccc(-c2ncc(-c3ccc([N+](=O)[O-])cc3)[nH]2)cc1. The number of H-pyrrole nitrogens is 1. The van der Waals surface area contributed by atoms with E-state index in [0.29, 0.717) is 0 Å². The molecule has 0 spiro atoms. The topological polar surface area (TPSA) is 81.1 Å². The Kier molecular flexibility index (Phi) is 3.57. The predicted molar refractivity (Wildman–Crippen MR) is 82.7 cm³/mol. The molecule has 0 radical (unpaired) electrons. The molecule has 1 heterocycles. The minimum absolute atomic E-state index is 0.0682. The number of hydrogen-bond donors (Lipinski definition) is 1. The van der Waals surface area contributed by atoms with Crippen LogP contribution in [-0.2, 0) is 0 Å². The first-order valence-corrected chi connectivity index (χ1v) is 6.61. The molecule has 2 aromatic carbocycles. The van der Waals surface area contributed by atoms with Crippen LogP contribution in [0.15, 0.2) is 54.7 Å². The zero-order chi connectivity index (χ0) is 15.5. The van der Waals surface area contributed by atoms with Gasteiger partial charge in [0.25, 0.3) is 5.69 Å². The molecule has 110 valence electrons. The van der Waals surface area contributed by atoms with Crippen molar-refractivity contribution in [2.75, 3.05) is 7.11 Å². The van der Waals surface area contributed by atoms with Crippen LogP contribution < -0.4 is 4.74 Å².